The molecule has 1 aliphatic carbocycles. The first kappa shape index (κ1) is 42.5. The smallest absolute Gasteiger partial charge is 0.235 e. The molecule has 0 fully saturated rings. The fourth-order valence-corrected chi connectivity index (χ4v) is 17.1. The van der Waals surface area contributed by atoms with Crippen LogP contribution in [0.5, 0.6) is 0 Å². The Balaban J connectivity index is 1.00. The topological polar surface area (TPSA) is 34.0 Å². The van der Waals surface area contributed by atoms with Crippen molar-refractivity contribution in [1.82, 2.24) is 14.5 Å². The van der Waals surface area contributed by atoms with Crippen LogP contribution in [0, 0.1) is 5.92 Å². The summed E-state index contributed by atoms with van der Waals surface area (Å²) in [6.45, 7) is 2.43. The highest BCUT2D eigenvalue weighted by Gasteiger charge is 2.50. The average molecular weight is 927 g/mol. The molecule has 9 aromatic carbocycles. The predicted molar refractivity (Wildman–Crippen MR) is 296 cm³/mol. The first-order valence-corrected chi connectivity index (χ1v) is 26.7. The third kappa shape index (κ3) is 6.65. The Hall–Kier alpha value is -8.64. The molecule has 1 aliphatic heterocycles. The Morgan fingerprint density at radius 3 is 1.65 bits per heavy atom. The van der Waals surface area contributed by atoms with E-state index >= 15 is 0 Å². The second-order valence-corrected chi connectivity index (χ2v) is 22.7. The van der Waals surface area contributed by atoms with E-state index in [9.17, 15) is 0 Å². The van der Waals surface area contributed by atoms with E-state index in [0.717, 1.165) is 29.1 Å². The van der Waals surface area contributed by atoms with Gasteiger partial charge in [0.05, 0.1) is 28.0 Å². The Labute approximate surface area is 416 Å². The number of aromatic nitrogens is 3. The van der Waals surface area contributed by atoms with Crippen molar-refractivity contribution in [2.24, 2.45) is 5.92 Å². The molecule has 11 aromatic rings. The van der Waals surface area contributed by atoms with Crippen molar-refractivity contribution in [2.75, 3.05) is 4.90 Å². The second-order valence-electron chi connectivity index (χ2n) is 18.9. The van der Waals surface area contributed by atoms with Crippen molar-refractivity contribution in [2.45, 2.75) is 18.8 Å². The molecule has 0 spiro atoms. The molecule has 5 heteroatoms. The molecular formula is C66H50N4Si-. The molecular weight excluding hydrogens is 877 g/mol. The molecule has 4 nitrogen and oxygen atoms in total. The number of rotatable bonds is 9. The van der Waals surface area contributed by atoms with Gasteiger partial charge in [-0.3, -0.25) is 4.90 Å². The maximum Gasteiger partial charge on any atom is 0.235 e. The number of hydrogen-bond acceptors (Lipinski definition) is 3. The maximum absolute atomic E-state index is 5.56. The molecule has 1 unspecified atom stereocenters. The standard InChI is InChI=1S/C66H50N4Si/c1-47-44-64-56(55-36-17-20-39-61(55)69(64)50-27-9-3-10-28-50)46-59(47)66(49-25-7-2-8-26-49)57-37-18-21-40-62(57)70(63-41-22-19-38-58(63)66)65-67-43-42-60(68-65)48-24-23-35-54(45-48)71(51-29-11-4-12-30-51,52-31-13-5-14-32-52)53-33-15-6-16-34-53/h2-43,45-47H,44H2,1H3/q-1. The van der Waals surface area contributed by atoms with Crippen LogP contribution in [0.2, 0.25) is 0 Å². The van der Waals surface area contributed by atoms with Gasteiger partial charge >= 0.3 is 0 Å². The molecule has 0 saturated carbocycles. The number of nitrogens with zero attached hydrogens (tertiary/aromatic N) is 4. The molecule has 1 atom stereocenters. The number of allylic oxidation sites excluding steroid dienone is 1. The van der Waals surface area contributed by atoms with Crippen LogP contribution >= 0.6 is 0 Å². The number of fused-ring (bicyclic) bond motifs is 5. The highest BCUT2D eigenvalue weighted by atomic mass is 28.3. The van der Waals surface area contributed by atoms with Gasteiger partial charge in [0.2, 0.25) is 5.95 Å². The summed E-state index contributed by atoms with van der Waals surface area (Å²) < 4.78 is 2.49. The van der Waals surface area contributed by atoms with Gasteiger partial charge in [0.1, 0.15) is 0 Å². The van der Waals surface area contributed by atoms with E-state index in [0.29, 0.717) is 5.95 Å². The highest BCUT2D eigenvalue weighted by Crippen LogP contribution is 2.60. The maximum atomic E-state index is 5.56. The summed E-state index contributed by atoms with van der Waals surface area (Å²) in [5.74, 6) is 0.818. The molecule has 0 amide bonds. The molecule has 13 rings (SSSR count). The van der Waals surface area contributed by atoms with Gasteiger partial charge in [0, 0.05) is 28.5 Å². The molecule has 339 valence electrons. The van der Waals surface area contributed by atoms with E-state index in [4.69, 9.17) is 9.97 Å². The van der Waals surface area contributed by atoms with Crippen LogP contribution in [0.15, 0.2) is 267 Å². The minimum Gasteiger partial charge on any atom is -0.313 e. The quantitative estimate of drug-likeness (QED) is 0.107. The molecule has 0 saturated heterocycles. The Morgan fingerprint density at radius 2 is 1.03 bits per heavy atom. The van der Waals surface area contributed by atoms with Crippen LogP contribution < -0.4 is 25.6 Å². The zero-order valence-electron chi connectivity index (χ0n) is 39.5. The van der Waals surface area contributed by atoms with Gasteiger partial charge in [-0.25, -0.2) is 9.97 Å². The fraction of sp³-hybridized carbons (Fsp3) is 0.0606. The minimum atomic E-state index is -2.79. The lowest BCUT2D eigenvalue weighted by Crippen LogP contribution is -2.74. The Bertz CT molecular complexity index is 3610. The molecule has 71 heavy (non-hydrogen) atoms. The summed E-state index contributed by atoms with van der Waals surface area (Å²) in [6, 6.07) is 93.4. The monoisotopic (exact) mass is 926 g/mol. The van der Waals surface area contributed by atoms with Gasteiger partial charge < -0.3 is 4.57 Å². The lowest BCUT2D eigenvalue weighted by Gasteiger charge is -2.48. The number of anilines is 3. The fourth-order valence-electron chi connectivity index (χ4n) is 12.3. The third-order valence-corrected chi connectivity index (χ3v) is 19.9. The normalized spacial score (nSPS) is 14.8. The zero-order valence-corrected chi connectivity index (χ0v) is 40.5. The summed E-state index contributed by atoms with van der Waals surface area (Å²) in [6.07, 6.45) is 5.37. The summed E-state index contributed by atoms with van der Waals surface area (Å²) in [5.41, 5.74) is 13.5. The predicted octanol–water partition coefficient (Wildman–Crippen LogP) is 12.9. The summed E-state index contributed by atoms with van der Waals surface area (Å²) in [4.78, 5) is 13.0. The van der Waals surface area contributed by atoms with E-state index in [1.54, 1.807) is 0 Å². The van der Waals surface area contributed by atoms with E-state index in [1.165, 1.54) is 70.9 Å². The van der Waals surface area contributed by atoms with Crippen LogP contribution in [-0.2, 0) is 11.8 Å². The average Bonchev–Trinajstić information content (AvgIpc) is 3.77. The molecule has 0 radical (unpaired) electrons. The lowest BCUT2D eigenvalue weighted by molar-refractivity contribution is 0.553. The van der Waals surface area contributed by atoms with E-state index < -0.39 is 13.5 Å². The first-order valence-electron chi connectivity index (χ1n) is 24.7. The zero-order chi connectivity index (χ0) is 47.4. The van der Waals surface area contributed by atoms with Gasteiger partial charge in [0.25, 0.3) is 0 Å². The highest BCUT2D eigenvalue weighted by molar-refractivity contribution is 7.19. The van der Waals surface area contributed by atoms with Crippen molar-refractivity contribution in [3.8, 4) is 16.9 Å². The van der Waals surface area contributed by atoms with Crippen molar-refractivity contribution >= 4 is 63.1 Å². The molecule has 0 bridgehead atoms. The number of hydrogen-bond donors (Lipinski definition) is 0. The summed E-state index contributed by atoms with van der Waals surface area (Å²) >= 11 is 0. The molecule has 2 aliphatic rings. The van der Waals surface area contributed by atoms with Gasteiger partial charge in [0.15, 0.2) is 0 Å². The Kier molecular flexibility index (Phi) is 10.4. The van der Waals surface area contributed by atoms with E-state index in [1.807, 2.05) is 6.20 Å². The largest absolute Gasteiger partial charge is 0.313 e. The summed E-state index contributed by atoms with van der Waals surface area (Å²) in [5, 5.41) is 6.57. The summed E-state index contributed by atoms with van der Waals surface area (Å²) in [7, 11) is -2.79. The van der Waals surface area contributed by atoms with Crippen LogP contribution in [0.4, 0.5) is 17.3 Å². The SMILES string of the molecule is CC1Cc2c(c3ccccc3n2-c2ccccc2)C=C1C1(c2ccccc2)c2ccccc2N(c2nccc(-c3cccc([Si-](c4ccccc4)(c4ccccc4)c4ccccc4)c3)n2)c2ccccc21. The molecule has 2 aromatic heterocycles. The van der Waals surface area contributed by atoms with Gasteiger partial charge in [-0.1, -0.05) is 231 Å². The third-order valence-electron chi connectivity index (χ3n) is 15.2. The van der Waals surface area contributed by atoms with Crippen LogP contribution in [0.25, 0.3) is 33.9 Å². The van der Waals surface area contributed by atoms with E-state index in [2.05, 4.69) is 277 Å². The van der Waals surface area contributed by atoms with Crippen LogP contribution in [0.1, 0.15) is 34.9 Å². The first-order chi connectivity index (χ1) is 35.2. The number of para-hydroxylation sites is 4. The van der Waals surface area contributed by atoms with Crippen LogP contribution in [0.3, 0.4) is 0 Å². The van der Waals surface area contributed by atoms with Gasteiger partial charge in [-0.2, -0.15) is 20.7 Å². The van der Waals surface area contributed by atoms with Gasteiger partial charge in [-0.15, -0.1) is 0 Å². The minimum absolute atomic E-state index is 0.187. The molecule has 0 N–H and O–H groups in total. The van der Waals surface area contributed by atoms with Crippen LogP contribution in [-0.4, -0.2) is 22.6 Å². The van der Waals surface area contributed by atoms with Crippen molar-refractivity contribution in [3.05, 3.63) is 295 Å². The second kappa shape index (κ2) is 17.4. The van der Waals surface area contributed by atoms with Crippen molar-refractivity contribution in [3.63, 3.8) is 0 Å². The lowest BCUT2D eigenvalue weighted by atomic mass is 9.58. The Morgan fingerprint density at radius 1 is 0.507 bits per heavy atom. The van der Waals surface area contributed by atoms with Crippen molar-refractivity contribution in [1.29, 1.82) is 0 Å². The van der Waals surface area contributed by atoms with E-state index in [-0.39, 0.29) is 5.92 Å². The van der Waals surface area contributed by atoms with Gasteiger partial charge in [-0.05, 0) is 84.6 Å². The molecule has 3 heterocycles. The van der Waals surface area contributed by atoms with Crippen molar-refractivity contribution < 1.29 is 0 Å². The number of benzene rings is 9.